The molecule has 0 fully saturated rings. The Labute approximate surface area is 143 Å². The summed E-state index contributed by atoms with van der Waals surface area (Å²) in [7, 11) is 0. The molecule has 3 aromatic rings. The number of nitrogens with zero attached hydrogens (tertiary/aromatic N) is 4. The zero-order valence-electron chi connectivity index (χ0n) is 13.5. The molecule has 1 aliphatic rings. The van der Waals surface area contributed by atoms with E-state index in [1.54, 1.807) is 23.0 Å². The number of hydrogen-bond donors (Lipinski definition) is 2. The van der Waals surface area contributed by atoms with Gasteiger partial charge >= 0.3 is 0 Å². The molecule has 0 unspecified atom stereocenters. The standard InChI is InChI=1S/C17H17FN6O/c18-12-8-11-2-5-19-10-14(11)13(9-12)16(25)20-6-3-15-22-17-21-4-1-7-24(17)23-15/h1,4,7-9,19H,2-3,5-6,10H2,(H,20,25). The Bertz CT molecular complexity index is 905. The van der Waals surface area contributed by atoms with Crippen molar-refractivity contribution in [1.82, 2.24) is 30.2 Å². The molecule has 0 radical (unpaired) electrons. The second-order valence-corrected chi connectivity index (χ2v) is 5.92. The van der Waals surface area contributed by atoms with Crippen LogP contribution in [0.15, 0.2) is 30.6 Å². The van der Waals surface area contributed by atoms with Gasteiger partial charge in [-0.2, -0.15) is 4.98 Å². The molecule has 128 valence electrons. The molecule has 25 heavy (non-hydrogen) atoms. The highest BCUT2D eigenvalue weighted by molar-refractivity contribution is 5.96. The first-order valence-electron chi connectivity index (χ1n) is 8.17. The van der Waals surface area contributed by atoms with Crippen LogP contribution in [0.1, 0.15) is 27.3 Å². The Morgan fingerprint density at radius 3 is 3.20 bits per heavy atom. The van der Waals surface area contributed by atoms with E-state index >= 15 is 0 Å². The monoisotopic (exact) mass is 340 g/mol. The number of benzene rings is 1. The van der Waals surface area contributed by atoms with Gasteiger partial charge in [-0.3, -0.25) is 4.79 Å². The van der Waals surface area contributed by atoms with Gasteiger partial charge < -0.3 is 10.6 Å². The Kier molecular flexibility index (Phi) is 4.10. The lowest BCUT2D eigenvalue weighted by atomic mass is 9.95. The van der Waals surface area contributed by atoms with Gasteiger partial charge in [0.25, 0.3) is 11.7 Å². The van der Waals surface area contributed by atoms with E-state index in [0.717, 1.165) is 24.1 Å². The molecule has 3 heterocycles. The van der Waals surface area contributed by atoms with Crippen molar-refractivity contribution in [3.8, 4) is 0 Å². The Hall–Kier alpha value is -2.87. The molecule has 0 saturated heterocycles. The predicted molar refractivity (Wildman–Crippen MR) is 88.6 cm³/mol. The number of rotatable bonds is 4. The molecular formula is C17H17FN6O. The maximum Gasteiger partial charge on any atom is 0.252 e. The van der Waals surface area contributed by atoms with Gasteiger partial charge in [-0.15, -0.1) is 5.10 Å². The van der Waals surface area contributed by atoms with E-state index in [1.807, 2.05) is 0 Å². The molecule has 0 saturated carbocycles. The first-order valence-corrected chi connectivity index (χ1v) is 8.17. The highest BCUT2D eigenvalue weighted by Crippen LogP contribution is 2.20. The molecule has 8 heteroatoms. The van der Waals surface area contributed by atoms with Crippen LogP contribution in [0.5, 0.6) is 0 Å². The number of carbonyl (C=O) groups excluding carboxylic acids is 1. The maximum atomic E-state index is 13.8. The smallest absolute Gasteiger partial charge is 0.252 e. The van der Waals surface area contributed by atoms with Gasteiger partial charge in [-0.25, -0.2) is 13.9 Å². The number of carbonyl (C=O) groups is 1. The predicted octanol–water partition coefficient (Wildman–Crippen LogP) is 0.882. The van der Waals surface area contributed by atoms with Crippen LogP contribution in [0.3, 0.4) is 0 Å². The van der Waals surface area contributed by atoms with E-state index in [1.165, 1.54) is 12.1 Å². The molecule has 1 aromatic carbocycles. The fraction of sp³-hybridized carbons (Fsp3) is 0.294. The van der Waals surface area contributed by atoms with Crippen molar-refractivity contribution in [2.75, 3.05) is 13.1 Å². The van der Waals surface area contributed by atoms with Crippen LogP contribution in [-0.2, 0) is 19.4 Å². The Morgan fingerprint density at radius 2 is 2.32 bits per heavy atom. The molecule has 1 aliphatic heterocycles. The third kappa shape index (κ3) is 3.20. The molecule has 0 spiro atoms. The summed E-state index contributed by atoms with van der Waals surface area (Å²) in [5.41, 5.74) is 2.17. The van der Waals surface area contributed by atoms with E-state index in [2.05, 4.69) is 25.7 Å². The number of fused-ring (bicyclic) bond motifs is 2. The second kappa shape index (κ2) is 6.56. The van der Waals surface area contributed by atoms with Crippen molar-refractivity contribution in [2.24, 2.45) is 0 Å². The largest absolute Gasteiger partial charge is 0.352 e. The molecular weight excluding hydrogens is 323 g/mol. The topological polar surface area (TPSA) is 84.2 Å². The summed E-state index contributed by atoms with van der Waals surface area (Å²) < 4.78 is 15.4. The highest BCUT2D eigenvalue weighted by Gasteiger charge is 2.19. The summed E-state index contributed by atoms with van der Waals surface area (Å²) >= 11 is 0. The normalized spacial score (nSPS) is 13.6. The Balaban J connectivity index is 1.45. The van der Waals surface area contributed by atoms with Crippen LogP contribution in [-0.4, -0.2) is 38.6 Å². The minimum atomic E-state index is -0.376. The number of halogens is 1. The summed E-state index contributed by atoms with van der Waals surface area (Å²) in [5.74, 6) is 0.469. The highest BCUT2D eigenvalue weighted by atomic mass is 19.1. The minimum absolute atomic E-state index is 0.277. The molecule has 2 N–H and O–H groups in total. The number of hydrogen-bond acceptors (Lipinski definition) is 5. The van der Waals surface area contributed by atoms with Crippen molar-refractivity contribution in [3.63, 3.8) is 0 Å². The van der Waals surface area contributed by atoms with E-state index in [4.69, 9.17) is 0 Å². The third-order valence-corrected chi connectivity index (χ3v) is 4.22. The van der Waals surface area contributed by atoms with Crippen LogP contribution < -0.4 is 10.6 Å². The first kappa shape index (κ1) is 15.6. The lowest BCUT2D eigenvalue weighted by Gasteiger charge is -2.20. The van der Waals surface area contributed by atoms with Crippen molar-refractivity contribution >= 4 is 11.7 Å². The lowest BCUT2D eigenvalue weighted by molar-refractivity contribution is 0.0952. The lowest BCUT2D eigenvalue weighted by Crippen LogP contribution is -2.31. The fourth-order valence-electron chi connectivity index (χ4n) is 3.03. The zero-order chi connectivity index (χ0) is 17.2. The van der Waals surface area contributed by atoms with Gasteiger partial charge in [0, 0.05) is 37.5 Å². The van der Waals surface area contributed by atoms with E-state index in [0.29, 0.717) is 36.7 Å². The Morgan fingerprint density at radius 1 is 1.40 bits per heavy atom. The number of aromatic nitrogens is 4. The third-order valence-electron chi connectivity index (χ3n) is 4.22. The van der Waals surface area contributed by atoms with Crippen LogP contribution in [0.25, 0.3) is 5.78 Å². The van der Waals surface area contributed by atoms with Gasteiger partial charge in [0.1, 0.15) is 5.82 Å². The first-order chi connectivity index (χ1) is 12.2. The summed E-state index contributed by atoms with van der Waals surface area (Å²) in [6, 6.07) is 4.59. The van der Waals surface area contributed by atoms with Crippen molar-refractivity contribution < 1.29 is 9.18 Å². The van der Waals surface area contributed by atoms with Gasteiger partial charge in [0.15, 0.2) is 5.82 Å². The average molecular weight is 340 g/mol. The number of nitrogens with one attached hydrogen (secondary N) is 2. The van der Waals surface area contributed by atoms with Crippen molar-refractivity contribution in [3.05, 3.63) is 58.9 Å². The molecule has 0 atom stereocenters. The van der Waals surface area contributed by atoms with Gasteiger partial charge in [0.05, 0.1) is 0 Å². The van der Waals surface area contributed by atoms with Gasteiger partial charge in [-0.1, -0.05) is 0 Å². The summed E-state index contributed by atoms with van der Waals surface area (Å²) in [4.78, 5) is 20.9. The SMILES string of the molecule is O=C(NCCc1nc2ncccn2n1)c1cc(F)cc2c1CNCC2. The number of amides is 1. The van der Waals surface area contributed by atoms with Crippen molar-refractivity contribution in [1.29, 1.82) is 0 Å². The zero-order valence-corrected chi connectivity index (χ0v) is 13.5. The summed E-state index contributed by atoms with van der Waals surface area (Å²) in [5, 5.41) is 10.3. The summed E-state index contributed by atoms with van der Waals surface area (Å²) in [6.45, 7) is 1.75. The summed E-state index contributed by atoms with van der Waals surface area (Å²) in [6.07, 6.45) is 4.62. The van der Waals surface area contributed by atoms with Crippen LogP contribution in [0.4, 0.5) is 4.39 Å². The van der Waals surface area contributed by atoms with Gasteiger partial charge in [0.2, 0.25) is 0 Å². The van der Waals surface area contributed by atoms with Crippen LogP contribution in [0, 0.1) is 5.82 Å². The average Bonchev–Trinajstić information content (AvgIpc) is 3.03. The van der Waals surface area contributed by atoms with Crippen LogP contribution in [0.2, 0.25) is 0 Å². The quantitative estimate of drug-likeness (QED) is 0.737. The molecule has 2 aromatic heterocycles. The molecule has 7 nitrogen and oxygen atoms in total. The molecule has 0 bridgehead atoms. The van der Waals surface area contributed by atoms with E-state index in [-0.39, 0.29) is 11.7 Å². The minimum Gasteiger partial charge on any atom is -0.352 e. The molecule has 4 rings (SSSR count). The van der Waals surface area contributed by atoms with Crippen molar-refractivity contribution in [2.45, 2.75) is 19.4 Å². The second-order valence-electron chi connectivity index (χ2n) is 5.92. The van der Waals surface area contributed by atoms with E-state index in [9.17, 15) is 9.18 Å². The maximum absolute atomic E-state index is 13.8. The molecule has 1 amide bonds. The van der Waals surface area contributed by atoms with Gasteiger partial charge in [-0.05, 0) is 42.3 Å². The van der Waals surface area contributed by atoms with E-state index < -0.39 is 0 Å². The fourth-order valence-corrected chi connectivity index (χ4v) is 3.03. The van der Waals surface area contributed by atoms with Crippen LogP contribution >= 0.6 is 0 Å². The molecule has 0 aliphatic carbocycles.